The molecule has 0 unspecified atom stereocenters. The molecule has 7 heteroatoms. The third-order valence-corrected chi connectivity index (χ3v) is 5.39. The molecule has 3 rings (SSSR count). The van der Waals surface area contributed by atoms with Gasteiger partial charge < -0.3 is 4.74 Å². The molecule has 0 aromatic heterocycles. The van der Waals surface area contributed by atoms with Crippen LogP contribution >= 0.6 is 0 Å². The summed E-state index contributed by atoms with van der Waals surface area (Å²) in [5, 5.41) is 8.99. The van der Waals surface area contributed by atoms with Crippen LogP contribution in [0.3, 0.4) is 0 Å². The monoisotopic (exact) mass is 320 g/mol. The number of nitrogens with zero attached hydrogens (tertiary/aromatic N) is 1. The minimum Gasteiger partial charge on any atom is -0.374 e. The van der Waals surface area contributed by atoms with Crippen molar-refractivity contribution in [3.63, 3.8) is 0 Å². The normalized spacial score (nSPS) is 26.6. The number of carbonyl (C=O) groups is 1. The predicted molar refractivity (Wildman–Crippen MR) is 77.9 cm³/mol. The van der Waals surface area contributed by atoms with E-state index < -0.39 is 15.9 Å². The number of nitriles is 1. The third kappa shape index (κ3) is 2.98. The molecule has 2 aliphatic rings. The molecule has 2 aliphatic heterocycles. The second kappa shape index (κ2) is 5.71. The summed E-state index contributed by atoms with van der Waals surface area (Å²) in [5.41, 5.74) is 0.679. The molecule has 116 valence electrons. The highest BCUT2D eigenvalue weighted by atomic mass is 32.2. The number of carbonyl (C=O) groups excluding carboxylic acids is 1. The van der Waals surface area contributed by atoms with Gasteiger partial charge in [-0.3, -0.25) is 9.52 Å². The molecule has 2 heterocycles. The lowest BCUT2D eigenvalue weighted by Crippen LogP contribution is -2.40. The van der Waals surface area contributed by atoms with Gasteiger partial charge in [0.05, 0.1) is 35.5 Å². The summed E-state index contributed by atoms with van der Waals surface area (Å²) in [6, 6.07) is 8.41. The molecule has 3 atom stereocenters. The van der Waals surface area contributed by atoms with E-state index in [-0.39, 0.29) is 23.9 Å². The van der Waals surface area contributed by atoms with E-state index in [1.165, 1.54) is 0 Å². The van der Waals surface area contributed by atoms with Crippen molar-refractivity contribution in [2.45, 2.75) is 37.2 Å². The first kappa shape index (κ1) is 15.0. The van der Waals surface area contributed by atoms with Gasteiger partial charge in [-0.15, -0.1) is 0 Å². The molecule has 0 spiro atoms. The van der Waals surface area contributed by atoms with Gasteiger partial charge >= 0.3 is 0 Å². The van der Waals surface area contributed by atoms with Crippen LogP contribution in [-0.4, -0.2) is 26.5 Å². The minimum absolute atomic E-state index is 0.0859. The molecule has 0 radical (unpaired) electrons. The fraction of sp³-hybridized carbons (Fsp3) is 0.467. The van der Waals surface area contributed by atoms with Crippen LogP contribution in [0.1, 0.15) is 30.4 Å². The molecule has 0 aliphatic carbocycles. The van der Waals surface area contributed by atoms with Crippen LogP contribution < -0.4 is 4.72 Å². The van der Waals surface area contributed by atoms with Crippen molar-refractivity contribution >= 4 is 15.9 Å². The Bertz CT molecular complexity index is 738. The van der Waals surface area contributed by atoms with E-state index >= 15 is 0 Å². The van der Waals surface area contributed by atoms with Crippen LogP contribution in [-0.2, 0) is 25.3 Å². The first-order valence-electron chi connectivity index (χ1n) is 7.16. The summed E-state index contributed by atoms with van der Waals surface area (Å²) in [6.45, 7) is 0. The molecule has 2 saturated heterocycles. The second-order valence-electron chi connectivity index (χ2n) is 5.71. The van der Waals surface area contributed by atoms with Gasteiger partial charge in [-0.05, 0) is 30.9 Å². The van der Waals surface area contributed by atoms with Gasteiger partial charge in [0.2, 0.25) is 15.9 Å². The van der Waals surface area contributed by atoms with E-state index in [4.69, 9.17) is 10.00 Å². The summed E-state index contributed by atoms with van der Waals surface area (Å²) < 4.78 is 32.0. The first-order chi connectivity index (χ1) is 10.5. The first-order valence-corrected chi connectivity index (χ1v) is 8.81. The summed E-state index contributed by atoms with van der Waals surface area (Å²) in [6.07, 6.45) is 2.26. The zero-order chi connectivity index (χ0) is 15.7. The largest absolute Gasteiger partial charge is 0.374 e. The Morgan fingerprint density at radius 2 is 2.14 bits per heavy atom. The quantitative estimate of drug-likeness (QED) is 0.895. The van der Waals surface area contributed by atoms with Crippen LogP contribution in [0.25, 0.3) is 0 Å². The molecule has 6 nitrogen and oxygen atoms in total. The zero-order valence-electron chi connectivity index (χ0n) is 11.9. The minimum atomic E-state index is -3.83. The number of hydrogen-bond acceptors (Lipinski definition) is 5. The zero-order valence-corrected chi connectivity index (χ0v) is 12.7. The average molecular weight is 320 g/mol. The van der Waals surface area contributed by atoms with Crippen molar-refractivity contribution < 1.29 is 17.9 Å². The van der Waals surface area contributed by atoms with Crippen LogP contribution in [0.4, 0.5) is 0 Å². The molecule has 2 fully saturated rings. The molecule has 1 aromatic rings. The van der Waals surface area contributed by atoms with Crippen molar-refractivity contribution in [1.29, 1.82) is 5.26 Å². The highest BCUT2D eigenvalue weighted by Gasteiger charge is 2.45. The fourth-order valence-corrected chi connectivity index (χ4v) is 4.33. The van der Waals surface area contributed by atoms with Crippen molar-refractivity contribution in [2.75, 3.05) is 0 Å². The number of ether oxygens (including phenoxy) is 1. The average Bonchev–Trinajstić information content (AvgIpc) is 3.09. The van der Waals surface area contributed by atoms with Crippen LogP contribution in [0, 0.1) is 17.2 Å². The maximum absolute atomic E-state index is 12.2. The molecule has 1 amide bonds. The van der Waals surface area contributed by atoms with E-state index in [9.17, 15) is 13.2 Å². The van der Waals surface area contributed by atoms with Gasteiger partial charge in [0.25, 0.3) is 0 Å². The summed E-state index contributed by atoms with van der Waals surface area (Å²) in [7, 11) is -3.83. The fourth-order valence-electron chi connectivity index (χ4n) is 3.14. The molecular formula is C15H16N2O4S. The Labute approximate surface area is 129 Å². The van der Waals surface area contributed by atoms with Crippen molar-refractivity contribution in [3.8, 4) is 6.07 Å². The van der Waals surface area contributed by atoms with Crippen molar-refractivity contribution in [3.05, 3.63) is 35.4 Å². The van der Waals surface area contributed by atoms with Gasteiger partial charge in [0.15, 0.2) is 0 Å². The number of nitrogens with one attached hydrogen (secondary N) is 1. The maximum atomic E-state index is 12.2. The standard InChI is InChI=1S/C15H16N2O4S/c16-8-10-3-1-2-4-11(10)9-22(19,20)17-15(18)13-7-12-5-6-14(13)21-12/h1-4,12-14H,5-7,9H2,(H,17,18)/t12-,13-,14-/m1/s1. The maximum Gasteiger partial charge on any atom is 0.239 e. The number of rotatable bonds is 4. The van der Waals surface area contributed by atoms with Gasteiger partial charge in [-0.25, -0.2) is 8.42 Å². The Morgan fingerprint density at radius 3 is 2.77 bits per heavy atom. The predicted octanol–water partition coefficient (Wildman–Crippen LogP) is 1.07. The molecule has 2 bridgehead atoms. The number of sulfonamides is 1. The Hall–Kier alpha value is -1.91. The SMILES string of the molecule is N#Cc1ccccc1CS(=O)(=O)NC(=O)[C@@H]1C[C@H]2CC[C@H]1O2. The van der Waals surface area contributed by atoms with E-state index in [1.807, 2.05) is 6.07 Å². The summed E-state index contributed by atoms with van der Waals surface area (Å²) >= 11 is 0. The topological polar surface area (TPSA) is 96.3 Å². The van der Waals surface area contributed by atoms with E-state index in [2.05, 4.69) is 4.72 Å². The van der Waals surface area contributed by atoms with Gasteiger partial charge in [-0.2, -0.15) is 5.26 Å². The molecule has 0 saturated carbocycles. The van der Waals surface area contributed by atoms with Crippen LogP contribution in [0.2, 0.25) is 0 Å². The van der Waals surface area contributed by atoms with Crippen molar-refractivity contribution in [2.24, 2.45) is 5.92 Å². The van der Waals surface area contributed by atoms with Crippen LogP contribution in [0.5, 0.6) is 0 Å². The molecule has 22 heavy (non-hydrogen) atoms. The van der Waals surface area contributed by atoms with E-state index in [0.717, 1.165) is 12.8 Å². The lowest BCUT2D eigenvalue weighted by atomic mass is 9.89. The van der Waals surface area contributed by atoms with Crippen molar-refractivity contribution in [1.82, 2.24) is 4.72 Å². The van der Waals surface area contributed by atoms with E-state index in [0.29, 0.717) is 17.5 Å². The number of fused-ring (bicyclic) bond motifs is 2. The second-order valence-corrected chi connectivity index (χ2v) is 7.43. The third-order valence-electron chi connectivity index (χ3n) is 4.18. The Morgan fingerprint density at radius 1 is 1.36 bits per heavy atom. The van der Waals surface area contributed by atoms with Crippen LogP contribution in [0.15, 0.2) is 24.3 Å². The highest BCUT2D eigenvalue weighted by Crippen LogP contribution is 2.38. The van der Waals surface area contributed by atoms with E-state index in [1.54, 1.807) is 24.3 Å². The highest BCUT2D eigenvalue weighted by molar-refractivity contribution is 7.89. The summed E-state index contributed by atoms with van der Waals surface area (Å²) in [4.78, 5) is 12.2. The smallest absolute Gasteiger partial charge is 0.239 e. The molecule has 1 aromatic carbocycles. The Balaban J connectivity index is 1.69. The Kier molecular flexibility index (Phi) is 3.89. The lowest BCUT2D eigenvalue weighted by Gasteiger charge is -2.18. The summed E-state index contributed by atoms with van der Waals surface area (Å²) in [5.74, 6) is -1.27. The van der Waals surface area contributed by atoms with Gasteiger partial charge in [0.1, 0.15) is 0 Å². The number of amides is 1. The lowest BCUT2D eigenvalue weighted by molar-refractivity contribution is -0.124. The van der Waals surface area contributed by atoms with Gasteiger partial charge in [0, 0.05) is 0 Å². The molecular weight excluding hydrogens is 304 g/mol. The number of hydrogen-bond donors (Lipinski definition) is 1. The number of benzene rings is 1. The molecule has 1 N–H and O–H groups in total. The van der Waals surface area contributed by atoms with Gasteiger partial charge in [-0.1, -0.05) is 18.2 Å².